The molecule has 0 aliphatic carbocycles. The van der Waals surface area contributed by atoms with Crippen LogP contribution in [0.1, 0.15) is 29.0 Å². The average molecular weight is 258 g/mol. The molecule has 1 fully saturated rings. The van der Waals surface area contributed by atoms with Crippen molar-refractivity contribution in [2.24, 2.45) is 7.05 Å². The number of amides is 1. The molecule has 0 saturated carbocycles. The summed E-state index contributed by atoms with van der Waals surface area (Å²) >= 11 is 0. The third-order valence-electron chi connectivity index (χ3n) is 3.24. The second-order valence-electron chi connectivity index (χ2n) is 4.44. The average Bonchev–Trinajstić information content (AvgIpc) is 2.61. The minimum atomic E-state index is 0. The fourth-order valence-corrected chi connectivity index (χ4v) is 2.08. The maximum Gasteiger partial charge on any atom is 0.268 e. The fraction of sp³-hybridized carbons (Fsp3) is 0.583. The molecular weight excluding hydrogens is 238 g/mol. The Morgan fingerprint density at radius 3 is 2.82 bits per heavy atom. The summed E-state index contributed by atoms with van der Waals surface area (Å²) in [6.07, 6.45) is 2.21. The van der Waals surface area contributed by atoms with E-state index in [-0.39, 0.29) is 24.4 Å². The van der Waals surface area contributed by atoms with Gasteiger partial charge in [0.2, 0.25) is 0 Å². The van der Waals surface area contributed by atoms with Crippen molar-refractivity contribution in [3.05, 3.63) is 23.5 Å². The Morgan fingerprint density at radius 1 is 1.53 bits per heavy atom. The predicted octanol–water partition coefficient (Wildman–Crippen LogP) is 1.24. The molecule has 1 saturated heterocycles. The standard InChI is InChI=1S/C12H19N3O.ClH/c1-9-5-6-11(15(9)2)12(16)14-10-4-3-7-13-8-10;/h5-6,10,13H,3-4,7-8H2,1-2H3,(H,14,16);1H/t10-;/m0./s1. The molecule has 0 aromatic carbocycles. The number of rotatable bonds is 2. The summed E-state index contributed by atoms with van der Waals surface area (Å²) in [6.45, 7) is 3.95. The highest BCUT2D eigenvalue weighted by atomic mass is 35.5. The van der Waals surface area contributed by atoms with E-state index in [1.54, 1.807) is 0 Å². The van der Waals surface area contributed by atoms with Crippen molar-refractivity contribution in [2.45, 2.75) is 25.8 Å². The molecule has 96 valence electrons. The van der Waals surface area contributed by atoms with Crippen molar-refractivity contribution >= 4 is 18.3 Å². The Hall–Kier alpha value is -1.00. The zero-order valence-corrected chi connectivity index (χ0v) is 11.1. The number of aryl methyl sites for hydroxylation is 1. The number of nitrogens with zero attached hydrogens (tertiary/aromatic N) is 1. The zero-order valence-electron chi connectivity index (χ0n) is 10.3. The molecule has 5 heteroatoms. The first-order valence-electron chi connectivity index (χ1n) is 5.82. The van der Waals surface area contributed by atoms with E-state index in [1.807, 2.05) is 30.7 Å². The van der Waals surface area contributed by atoms with Crippen LogP contribution in [0.25, 0.3) is 0 Å². The number of hydrogen-bond acceptors (Lipinski definition) is 2. The van der Waals surface area contributed by atoms with E-state index in [4.69, 9.17) is 0 Å². The summed E-state index contributed by atoms with van der Waals surface area (Å²) in [5.41, 5.74) is 1.84. The Morgan fingerprint density at radius 2 is 2.29 bits per heavy atom. The summed E-state index contributed by atoms with van der Waals surface area (Å²) in [6, 6.07) is 4.12. The van der Waals surface area contributed by atoms with E-state index in [0.29, 0.717) is 0 Å². The topological polar surface area (TPSA) is 46.1 Å². The maximum atomic E-state index is 12.0. The molecule has 0 radical (unpaired) electrons. The Kier molecular flexibility index (Phi) is 5.02. The fourth-order valence-electron chi connectivity index (χ4n) is 2.08. The van der Waals surface area contributed by atoms with E-state index in [9.17, 15) is 4.79 Å². The lowest BCUT2D eigenvalue weighted by atomic mass is 10.1. The van der Waals surface area contributed by atoms with Crippen LogP contribution in [0.5, 0.6) is 0 Å². The zero-order chi connectivity index (χ0) is 11.5. The molecule has 1 aromatic rings. The highest BCUT2D eigenvalue weighted by Gasteiger charge is 2.17. The van der Waals surface area contributed by atoms with Gasteiger partial charge in [0.15, 0.2) is 0 Å². The van der Waals surface area contributed by atoms with Gasteiger partial charge >= 0.3 is 0 Å². The number of piperidine rings is 1. The third-order valence-corrected chi connectivity index (χ3v) is 3.24. The number of carbonyl (C=O) groups is 1. The molecule has 2 rings (SSSR count). The first-order chi connectivity index (χ1) is 7.68. The van der Waals surface area contributed by atoms with Crippen LogP contribution in [0, 0.1) is 6.92 Å². The molecule has 1 atom stereocenters. The molecule has 4 nitrogen and oxygen atoms in total. The molecule has 1 amide bonds. The van der Waals surface area contributed by atoms with Gasteiger partial charge in [0.25, 0.3) is 5.91 Å². The van der Waals surface area contributed by atoms with Crippen LogP contribution < -0.4 is 10.6 Å². The van der Waals surface area contributed by atoms with Gasteiger partial charge in [-0.2, -0.15) is 0 Å². The van der Waals surface area contributed by atoms with Crippen LogP contribution in [-0.2, 0) is 7.05 Å². The van der Waals surface area contributed by atoms with Crippen LogP contribution in [0.3, 0.4) is 0 Å². The Balaban J connectivity index is 0.00000144. The minimum Gasteiger partial charge on any atom is -0.347 e. The third kappa shape index (κ3) is 3.23. The van der Waals surface area contributed by atoms with Gasteiger partial charge in [-0.25, -0.2) is 0 Å². The number of halogens is 1. The summed E-state index contributed by atoms with van der Waals surface area (Å²) in [5, 5.41) is 6.36. The van der Waals surface area contributed by atoms with Crippen LogP contribution in [0.2, 0.25) is 0 Å². The first-order valence-corrected chi connectivity index (χ1v) is 5.82. The molecule has 1 aliphatic heterocycles. The molecule has 2 heterocycles. The lowest BCUT2D eigenvalue weighted by molar-refractivity contribution is 0.0922. The van der Waals surface area contributed by atoms with Gasteiger partial charge in [0.1, 0.15) is 5.69 Å². The lowest BCUT2D eigenvalue weighted by Gasteiger charge is -2.23. The number of nitrogens with one attached hydrogen (secondary N) is 2. The van der Waals surface area contributed by atoms with E-state index < -0.39 is 0 Å². The van der Waals surface area contributed by atoms with Gasteiger partial charge in [0, 0.05) is 25.3 Å². The molecular formula is C12H20ClN3O. The van der Waals surface area contributed by atoms with Gasteiger partial charge in [-0.05, 0) is 38.4 Å². The van der Waals surface area contributed by atoms with E-state index in [0.717, 1.165) is 37.3 Å². The summed E-state index contributed by atoms with van der Waals surface area (Å²) in [5.74, 6) is 0.0318. The van der Waals surface area contributed by atoms with Crippen molar-refractivity contribution in [1.82, 2.24) is 15.2 Å². The smallest absolute Gasteiger partial charge is 0.268 e. The van der Waals surface area contributed by atoms with Crippen LogP contribution in [0.4, 0.5) is 0 Å². The highest BCUT2D eigenvalue weighted by molar-refractivity contribution is 5.93. The number of carbonyl (C=O) groups excluding carboxylic acids is 1. The molecule has 0 unspecified atom stereocenters. The summed E-state index contributed by atoms with van der Waals surface area (Å²) < 4.78 is 1.92. The normalized spacial score (nSPS) is 19.5. The Bertz CT molecular complexity index is 383. The largest absolute Gasteiger partial charge is 0.347 e. The van der Waals surface area contributed by atoms with Crippen molar-refractivity contribution in [3.63, 3.8) is 0 Å². The molecule has 0 spiro atoms. The van der Waals surface area contributed by atoms with Crippen molar-refractivity contribution in [3.8, 4) is 0 Å². The number of hydrogen-bond donors (Lipinski definition) is 2. The van der Waals surface area contributed by atoms with Crippen LogP contribution in [-0.4, -0.2) is 29.6 Å². The molecule has 1 aromatic heterocycles. The second kappa shape index (κ2) is 6.07. The highest BCUT2D eigenvalue weighted by Crippen LogP contribution is 2.07. The van der Waals surface area contributed by atoms with Gasteiger partial charge in [-0.3, -0.25) is 4.79 Å². The van der Waals surface area contributed by atoms with Gasteiger partial charge in [-0.1, -0.05) is 0 Å². The van der Waals surface area contributed by atoms with Crippen molar-refractivity contribution < 1.29 is 4.79 Å². The van der Waals surface area contributed by atoms with Gasteiger partial charge < -0.3 is 15.2 Å². The first kappa shape index (κ1) is 14.1. The van der Waals surface area contributed by atoms with Crippen molar-refractivity contribution in [1.29, 1.82) is 0 Å². The van der Waals surface area contributed by atoms with E-state index in [1.165, 1.54) is 0 Å². The van der Waals surface area contributed by atoms with Gasteiger partial charge in [0.05, 0.1) is 0 Å². The molecule has 0 bridgehead atoms. The van der Waals surface area contributed by atoms with Crippen LogP contribution in [0.15, 0.2) is 12.1 Å². The van der Waals surface area contributed by atoms with E-state index >= 15 is 0 Å². The van der Waals surface area contributed by atoms with Gasteiger partial charge in [-0.15, -0.1) is 12.4 Å². The quantitative estimate of drug-likeness (QED) is 0.837. The molecule has 2 N–H and O–H groups in total. The van der Waals surface area contributed by atoms with Crippen molar-refractivity contribution in [2.75, 3.05) is 13.1 Å². The summed E-state index contributed by atoms with van der Waals surface area (Å²) in [7, 11) is 1.92. The Labute approximate surface area is 108 Å². The SMILES string of the molecule is Cc1ccc(C(=O)N[C@H]2CCCNC2)n1C.Cl. The minimum absolute atomic E-state index is 0. The molecule has 1 aliphatic rings. The van der Waals surface area contributed by atoms with Crippen LogP contribution >= 0.6 is 12.4 Å². The second-order valence-corrected chi connectivity index (χ2v) is 4.44. The monoisotopic (exact) mass is 257 g/mol. The maximum absolute atomic E-state index is 12.0. The van der Waals surface area contributed by atoms with E-state index in [2.05, 4.69) is 10.6 Å². The predicted molar refractivity (Wildman–Crippen MR) is 70.8 cm³/mol. The summed E-state index contributed by atoms with van der Waals surface area (Å²) in [4.78, 5) is 12.0. The lowest BCUT2D eigenvalue weighted by Crippen LogP contribution is -2.45. The molecule has 17 heavy (non-hydrogen) atoms. The number of aromatic nitrogens is 1.